The van der Waals surface area contributed by atoms with Crippen molar-refractivity contribution in [2.75, 3.05) is 13.1 Å². The van der Waals surface area contributed by atoms with Crippen LogP contribution in [-0.2, 0) is 4.79 Å². The number of terminal acetylenes is 1. The quantitative estimate of drug-likeness (QED) is 0.671. The molecule has 3 nitrogen and oxygen atoms in total. The smallest absolute Gasteiger partial charge is 0.341 e. The minimum absolute atomic E-state index is 0.391. The Hall–Kier alpha value is -1.22. The highest BCUT2D eigenvalue weighted by atomic mass is 19.4. The molecule has 0 aromatic carbocycles. The number of carbonyl (C=O) groups excluding carboxylic acids is 1. The van der Waals surface area contributed by atoms with Crippen molar-refractivity contribution in [1.82, 2.24) is 10.6 Å². The van der Waals surface area contributed by atoms with Crippen LogP contribution in [0, 0.1) is 12.3 Å². The molecule has 15 heavy (non-hydrogen) atoms. The highest BCUT2D eigenvalue weighted by Gasteiger charge is 2.26. The molecule has 0 aliphatic carbocycles. The summed E-state index contributed by atoms with van der Waals surface area (Å²) in [6.45, 7) is 0.193. The fourth-order valence-corrected chi connectivity index (χ4v) is 0.825. The Labute approximate surface area is 86.4 Å². The minimum atomic E-state index is -4.31. The number of carbonyl (C=O) groups is 1. The third-order valence-electron chi connectivity index (χ3n) is 1.56. The van der Waals surface area contributed by atoms with Gasteiger partial charge in [0.25, 0.3) is 0 Å². The van der Waals surface area contributed by atoms with Crippen LogP contribution >= 0.6 is 0 Å². The van der Waals surface area contributed by atoms with Crippen molar-refractivity contribution in [2.24, 2.45) is 0 Å². The van der Waals surface area contributed by atoms with E-state index in [9.17, 15) is 18.0 Å². The van der Waals surface area contributed by atoms with Gasteiger partial charge in [-0.3, -0.25) is 4.79 Å². The van der Waals surface area contributed by atoms with Crippen LogP contribution in [0.4, 0.5) is 13.2 Å². The summed E-state index contributed by atoms with van der Waals surface area (Å²) in [6.07, 6.45) is 1.30. The molecule has 0 aliphatic heterocycles. The summed E-state index contributed by atoms with van der Waals surface area (Å²) >= 11 is 0. The lowest BCUT2D eigenvalue weighted by atomic mass is 10.2. The molecule has 6 heteroatoms. The van der Waals surface area contributed by atoms with Crippen LogP contribution in [-0.4, -0.2) is 31.2 Å². The highest BCUT2D eigenvalue weighted by Crippen LogP contribution is 2.11. The topological polar surface area (TPSA) is 41.1 Å². The molecule has 0 aliphatic rings. The second kappa shape index (κ2) is 6.30. The summed E-state index contributed by atoms with van der Waals surface area (Å²) in [5.41, 5.74) is 0. The first kappa shape index (κ1) is 13.8. The van der Waals surface area contributed by atoms with E-state index in [2.05, 4.69) is 11.2 Å². The molecular weight excluding hydrogens is 209 g/mol. The Morgan fingerprint density at radius 1 is 1.53 bits per heavy atom. The summed E-state index contributed by atoms with van der Waals surface area (Å²) in [5.74, 6) is 1.77. The van der Waals surface area contributed by atoms with Crippen molar-refractivity contribution in [1.29, 1.82) is 0 Å². The largest absolute Gasteiger partial charge is 0.401 e. The Morgan fingerprint density at radius 3 is 2.53 bits per heavy atom. The van der Waals surface area contributed by atoms with E-state index in [1.165, 1.54) is 0 Å². The zero-order valence-electron chi connectivity index (χ0n) is 8.32. The number of halogens is 3. The fourth-order valence-electron chi connectivity index (χ4n) is 0.825. The van der Waals surface area contributed by atoms with Crippen molar-refractivity contribution >= 4 is 5.91 Å². The van der Waals surface area contributed by atoms with Gasteiger partial charge >= 0.3 is 6.18 Å². The van der Waals surface area contributed by atoms with Gasteiger partial charge in [-0.15, -0.1) is 6.42 Å². The first-order chi connectivity index (χ1) is 6.89. The van der Waals surface area contributed by atoms with Crippen LogP contribution in [0.2, 0.25) is 0 Å². The maximum atomic E-state index is 11.7. The monoisotopic (exact) mass is 222 g/mol. The highest BCUT2D eigenvalue weighted by molar-refractivity contribution is 5.78. The van der Waals surface area contributed by atoms with Gasteiger partial charge in [0.05, 0.1) is 19.1 Å². The lowest BCUT2D eigenvalue weighted by molar-refractivity contribution is -0.128. The van der Waals surface area contributed by atoms with Gasteiger partial charge in [0, 0.05) is 0 Å². The van der Waals surface area contributed by atoms with Crippen LogP contribution in [0.1, 0.15) is 13.3 Å². The average molecular weight is 222 g/mol. The van der Waals surface area contributed by atoms with Crippen molar-refractivity contribution in [3.05, 3.63) is 0 Å². The Bertz CT molecular complexity index is 245. The number of alkyl halides is 3. The van der Waals surface area contributed by atoms with E-state index in [0.717, 1.165) is 0 Å². The second-order valence-electron chi connectivity index (χ2n) is 2.91. The predicted octanol–water partition coefficient (Wildman–Crippen LogP) is 0.666. The van der Waals surface area contributed by atoms with Crippen LogP contribution in [0.3, 0.4) is 0 Å². The molecule has 1 atom stereocenters. The number of hydrogen-bond acceptors (Lipinski definition) is 2. The number of amides is 1. The summed E-state index contributed by atoms with van der Waals surface area (Å²) in [6, 6.07) is -0.426. The van der Waals surface area contributed by atoms with E-state index in [0.29, 0.717) is 6.42 Å². The van der Waals surface area contributed by atoms with Gasteiger partial charge < -0.3 is 10.6 Å². The third-order valence-corrected chi connectivity index (χ3v) is 1.56. The maximum Gasteiger partial charge on any atom is 0.401 e. The first-order valence-electron chi connectivity index (χ1n) is 4.42. The maximum absolute atomic E-state index is 11.7. The van der Waals surface area contributed by atoms with Crippen LogP contribution < -0.4 is 10.6 Å². The van der Waals surface area contributed by atoms with Crippen molar-refractivity contribution < 1.29 is 18.0 Å². The summed E-state index contributed by atoms with van der Waals surface area (Å²) in [5, 5.41) is 4.37. The molecule has 1 amide bonds. The molecule has 0 fully saturated rings. The van der Waals surface area contributed by atoms with Gasteiger partial charge in [-0.05, 0) is 6.42 Å². The zero-order valence-corrected chi connectivity index (χ0v) is 8.32. The number of nitrogens with one attached hydrogen (secondary N) is 2. The van der Waals surface area contributed by atoms with E-state index >= 15 is 0 Å². The molecule has 0 heterocycles. The van der Waals surface area contributed by atoms with E-state index in [1.807, 2.05) is 5.32 Å². The summed E-state index contributed by atoms with van der Waals surface area (Å²) in [7, 11) is 0. The molecule has 0 spiro atoms. The van der Waals surface area contributed by atoms with Gasteiger partial charge in [-0.1, -0.05) is 12.8 Å². The molecule has 86 valence electrons. The van der Waals surface area contributed by atoms with Gasteiger partial charge in [0.2, 0.25) is 5.91 Å². The predicted molar refractivity (Wildman–Crippen MR) is 50.0 cm³/mol. The van der Waals surface area contributed by atoms with E-state index in [1.54, 1.807) is 6.92 Å². The Balaban J connectivity index is 3.72. The molecule has 0 bridgehead atoms. The van der Waals surface area contributed by atoms with Gasteiger partial charge in [0.15, 0.2) is 0 Å². The van der Waals surface area contributed by atoms with Crippen LogP contribution in [0.15, 0.2) is 0 Å². The minimum Gasteiger partial charge on any atom is -0.341 e. The second-order valence-corrected chi connectivity index (χ2v) is 2.91. The zero-order chi connectivity index (χ0) is 11.9. The molecule has 0 aromatic heterocycles. The molecule has 0 rings (SSSR count). The average Bonchev–Trinajstić information content (AvgIpc) is 2.12. The van der Waals surface area contributed by atoms with Crippen LogP contribution in [0.5, 0.6) is 0 Å². The van der Waals surface area contributed by atoms with Crippen molar-refractivity contribution in [3.63, 3.8) is 0 Å². The molecule has 0 saturated carbocycles. The Morgan fingerprint density at radius 2 is 2.13 bits per heavy atom. The van der Waals surface area contributed by atoms with Crippen molar-refractivity contribution in [3.8, 4) is 12.3 Å². The van der Waals surface area contributed by atoms with Crippen molar-refractivity contribution in [2.45, 2.75) is 25.6 Å². The molecule has 2 N–H and O–H groups in total. The van der Waals surface area contributed by atoms with E-state index < -0.39 is 31.2 Å². The lowest BCUT2D eigenvalue weighted by Crippen LogP contribution is -2.41. The van der Waals surface area contributed by atoms with Crippen LogP contribution in [0.25, 0.3) is 0 Å². The molecular formula is C9H13F3N2O. The van der Waals surface area contributed by atoms with Gasteiger partial charge in [-0.25, -0.2) is 0 Å². The lowest BCUT2D eigenvalue weighted by Gasteiger charge is -2.11. The number of rotatable bonds is 5. The molecule has 0 aromatic rings. The Kier molecular flexibility index (Phi) is 5.79. The van der Waals surface area contributed by atoms with E-state index in [-0.39, 0.29) is 0 Å². The third kappa shape index (κ3) is 7.82. The number of hydrogen-bond donors (Lipinski definition) is 2. The van der Waals surface area contributed by atoms with Gasteiger partial charge in [-0.2, -0.15) is 13.2 Å². The molecule has 1 unspecified atom stereocenters. The van der Waals surface area contributed by atoms with Gasteiger partial charge in [0.1, 0.15) is 0 Å². The van der Waals surface area contributed by atoms with E-state index in [4.69, 9.17) is 6.42 Å². The summed E-state index contributed by atoms with van der Waals surface area (Å²) < 4.78 is 35.0. The fraction of sp³-hybridized carbons (Fsp3) is 0.667. The normalized spacial score (nSPS) is 13.0. The molecule has 0 radical (unpaired) electrons. The summed E-state index contributed by atoms with van der Waals surface area (Å²) in [4.78, 5) is 11.0. The standard InChI is InChI=1S/C9H13F3N2O/c1-3-7(4-2)14-8(15)5-13-6-9(10,11)12/h1,7,13H,4-6H2,2H3,(H,14,15). The first-order valence-corrected chi connectivity index (χ1v) is 4.42. The SMILES string of the molecule is C#CC(CC)NC(=O)CNCC(F)(F)F. The molecule has 0 saturated heterocycles.